The number of morpholine rings is 1. The van der Waals surface area contributed by atoms with Crippen LogP contribution in [-0.2, 0) is 23.6 Å². The number of carbonyl (C=O) groups is 1. The highest BCUT2D eigenvalue weighted by Gasteiger charge is 2.36. The number of carboxylic acids is 1. The molecule has 0 spiro atoms. The third-order valence-corrected chi connectivity index (χ3v) is 5.69. The predicted octanol–water partition coefficient (Wildman–Crippen LogP) is 6.21. The standard InChI is InChI=1S/C16H17N3O3.C10H8F6N/c1-11-4-2-3-5-12(11)14-13(15(20)21)10-17-16(18-14)19-6-8-22-9-7-19;1-17-5-6-2-7(9(11,12)13)4-8(3-6)10(14,15)16/h2-5,10H,6-9H2,1H3,(H,20,21);2-4H,5H2,1H3/q;-1. The summed E-state index contributed by atoms with van der Waals surface area (Å²) in [6, 6.07) is 9.06. The molecule has 0 saturated carbocycles. The van der Waals surface area contributed by atoms with Crippen LogP contribution in [0.25, 0.3) is 16.6 Å². The van der Waals surface area contributed by atoms with Gasteiger partial charge in [0.2, 0.25) is 5.95 Å². The van der Waals surface area contributed by atoms with Crippen LogP contribution in [0.4, 0.5) is 32.3 Å². The molecule has 13 heteroatoms. The fourth-order valence-electron chi connectivity index (χ4n) is 3.78. The fourth-order valence-corrected chi connectivity index (χ4v) is 3.78. The van der Waals surface area contributed by atoms with E-state index in [1.54, 1.807) is 0 Å². The number of nitrogens with zero attached hydrogens (tertiary/aromatic N) is 4. The highest BCUT2D eigenvalue weighted by molar-refractivity contribution is 5.95. The number of benzene rings is 2. The van der Waals surface area contributed by atoms with Gasteiger partial charge >= 0.3 is 18.3 Å². The summed E-state index contributed by atoms with van der Waals surface area (Å²) in [7, 11) is 1.31. The van der Waals surface area contributed by atoms with E-state index in [4.69, 9.17) is 4.74 Å². The van der Waals surface area contributed by atoms with Gasteiger partial charge in [0, 0.05) is 24.8 Å². The van der Waals surface area contributed by atoms with Crippen LogP contribution in [-0.4, -0.2) is 54.4 Å². The zero-order valence-electron chi connectivity index (χ0n) is 21.0. The van der Waals surface area contributed by atoms with Gasteiger partial charge in [-0.3, -0.25) is 0 Å². The molecule has 210 valence electrons. The highest BCUT2D eigenvalue weighted by atomic mass is 19.4. The Hall–Kier alpha value is -3.71. The van der Waals surface area contributed by atoms with Gasteiger partial charge in [0.15, 0.2) is 0 Å². The number of ether oxygens (including phenoxy) is 1. The monoisotopic (exact) mass is 555 g/mol. The summed E-state index contributed by atoms with van der Waals surface area (Å²) in [6.07, 6.45) is -8.21. The van der Waals surface area contributed by atoms with Crippen LogP contribution in [0.2, 0.25) is 0 Å². The number of rotatable bonds is 5. The van der Waals surface area contributed by atoms with E-state index in [1.165, 1.54) is 13.2 Å². The van der Waals surface area contributed by atoms with Crippen LogP contribution in [0.15, 0.2) is 48.7 Å². The molecular weight excluding hydrogens is 530 g/mol. The summed E-state index contributed by atoms with van der Waals surface area (Å²) >= 11 is 0. The van der Waals surface area contributed by atoms with Gasteiger partial charge in [0.25, 0.3) is 0 Å². The van der Waals surface area contributed by atoms with Crippen molar-refractivity contribution < 1.29 is 41.0 Å². The van der Waals surface area contributed by atoms with Crippen molar-refractivity contribution >= 4 is 11.9 Å². The minimum absolute atomic E-state index is 0.0964. The predicted molar refractivity (Wildman–Crippen MR) is 132 cm³/mol. The van der Waals surface area contributed by atoms with E-state index in [-0.39, 0.29) is 23.7 Å². The van der Waals surface area contributed by atoms with Gasteiger partial charge in [-0.1, -0.05) is 29.8 Å². The molecule has 1 N–H and O–H groups in total. The van der Waals surface area contributed by atoms with Crippen LogP contribution < -0.4 is 4.90 Å². The van der Waals surface area contributed by atoms with Crippen molar-refractivity contribution in [1.82, 2.24) is 9.97 Å². The van der Waals surface area contributed by atoms with E-state index >= 15 is 0 Å². The summed E-state index contributed by atoms with van der Waals surface area (Å²) in [5.74, 6) is -0.474. The van der Waals surface area contributed by atoms with Gasteiger partial charge < -0.3 is 20.1 Å². The van der Waals surface area contributed by atoms with Crippen LogP contribution in [0.3, 0.4) is 0 Å². The first-order valence-electron chi connectivity index (χ1n) is 11.6. The van der Waals surface area contributed by atoms with Crippen LogP contribution >= 0.6 is 0 Å². The third kappa shape index (κ3) is 7.90. The van der Waals surface area contributed by atoms with Crippen molar-refractivity contribution in [3.63, 3.8) is 0 Å². The van der Waals surface area contributed by atoms with Crippen molar-refractivity contribution in [2.75, 3.05) is 38.3 Å². The molecule has 1 aliphatic heterocycles. The van der Waals surface area contributed by atoms with Gasteiger partial charge in [0.1, 0.15) is 5.56 Å². The number of carboxylic acid groups (broad SMARTS) is 1. The zero-order chi connectivity index (χ0) is 28.8. The first-order valence-corrected chi connectivity index (χ1v) is 11.6. The van der Waals surface area contributed by atoms with Crippen molar-refractivity contribution in [2.24, 2.45) is 0 Å². The Morgan fingerprint density at radius 1 is 1.03 bits per heavy atom. The number of hydrogen-bond donors (Lipinski definition) is 1. The number of aryl methyl sites for hydroxylation is 1. The Morgan fingerprint density at radius 2 is 1.62 bits per heavy atom. The SMILES string of the molecule is C[N-]Cc1cc(C(F)(F)F)cc(C(F)(F)F)c1.Cc1ccccc1-c1nc(N2CCOCC2)ncc1C(=O)O. The van der Waals surface area contributed by atoms with Crippen LogP contribution in [0.5, 0.6) is 0 Å². The van der Waals surface area contributed by atoms with Crippen molar-refractivity contribution in [1.29, 1.82) is 0 Å². The van der Waals surface area contributed by atoms with Crippen LogP contribution in [0, 0.1) is 6.92 Å². The zero-order valence-corrected chi connectivity index (χ0v) is 21.0. The average molecular weight is 555 g/mol. The number of alkyl halides is 6. The lowest BCUT2D eigenvalue weighted by atomic mass is 10.0. The third-order valence-electron chi connectivity index (χ3n) is 5.69. The lowest BCUT2D eigenvalue weighted by Gasteiger charge is -2.27. The normalized spacial score (nSPS) is 14.0. The second-order valence-corrected chi connectivity index (χ2v) is 8.54. The molecule has 7 nitrogen and oxygen atoms in total. The Morgan fingerprint density at radius 3 is 2.13 bits per heavy atom. The summed E-state index contributed by atoms with van der Waals surface area (Å²) in [5, 5.41) is 12.9. The molecule has 0 bridgehead atoms. The topological polar surface area (TPSA) is 89.7 Å². The number of aromatic nitrogens is 2. The maximum atomic E-state index is 12.4. The average Bonchev–Trinajstić information content (AvgIpc) is 2.88. The second-order valence-electron chi connectivity index (χ2n) is 8.54. The molecule has 1 saturated heterocycles. The number of aromatic carboxylic acids is 1. The summed E-state index contributed by atoms with van der Waals surface area (Å²) in [6.45, 7) is 4.43. The largest absolute Gasteiger partial charge is 0.661 e. The molecule has 1 fully saturated rings. The first kappa shape index (κ1) is 29.8. The molecule has 0 amide bonds. The van der Waals surface area contributed by atoms with Crippen molar-refractivity contribution in [3.8, 4) is 11.3 Å². The molecule has 0 atom stereocenters. The van der Waals surface area contributed by atoms with Gasteiger partial charge in [-0.25, -0.2) is 14.8 Å². The molecule has 3 aromatic rings. The van der Waals surface area contributed by atoms with Gasteiger partial charge in [-0.2, -0.15) is 33.4 Å². The Balaban J connectivity index is 0.000000224. The van der Waals surface area contributed by atoms with Gasteiger partial charge in [-0.15, -0.1) is 6.54 Å². The molecule has 1 aliphatic rings. The number of hydrogen-bond acceptors (Lipinski definition) is 5. The number of halogens is 6. The lowest BCUT2D eigenvalue weighted by Crippen LogP contribution is -2.37. The van der Waals surface area contributed by atoms with Crippen molar-refractivity contribution in [2.45, 2.75) is 25.8 Å². The highest BCUT2D eigenvalue weighted by Crippen LogP contribution is 2.36. The van der Waals surface area contributed by atoms with E-state index in [2.05, 4.69) is 15.3 Å². The summed E-state index contributed by atoms with van der Waals surface area (Å²) in [5.41, 5.74) is -0.367. The van der Waals surface area contributed by atoms with Crippen molar-refractivity contribution in [3.05, 3.63) is 81.8 Å². The molecule has 4 rings (SSSR count). The molecule has 0 aliphatic carbocycles. The lowest BCUT2D eigenvalue weighted by molar-refractivity contribution is -0.143. The minimum Gasteiger partial charge on any atom is -0.661 e. The molecule has 2 heterocycles. The van der Waals surface area contributed by atoms with Gasteiger partial charge in [-0.05, 0) is 30.7 Å². The Labute approximate surface area is 220 Å². The Kier molecular flexibility index (Phi) is 9.51. The number of anilines is 1. The van der Waals surface area contributed by atoms with E-state index in [9.17, 15) is 36.2 Å². The Bertz CT molecular complexity index is 1260. The molecule has 0 unspecified atom stereocenters. The van der Waals surface area contributed by atoms with E-state index in [0.717, 1.165) is 11.1 Å². The quantitative estimate of drug-likeness (QED) is 0.377. The van der Waals surface area contributed by atoms with Gasteiger partial charge in [0.05, 0.1) is 30.0 Å². The molecular formula is C26H25F6N4O3-. The van der Waals surface area contributed by atoms with Crippen LogP contribution in [0.1, 0.15) is 32.6 Å². The minimum atomic E-state index is -4.80. The first-order chi connectivity index (χ1) is 18.3. The van der Waals surface area contributed by atoms with E-state index in [0.29, 0.717) is 50.1 Å². The summed E-state index contributed by atoms with van der Waals surface area (Å²) in [4.78, 5) is 22.2. The smallest absolute Gasteiger partial charge is 0.416 e. The van der Waals surface area contributed by atoms with E-state index in [1.807, 2.05) is 36.1 Å². The summed E-state index contributed by atoms with van der Waals surface area (Å²) < 4.78 is 79.6. The van der Waals surface area contributed by atoms with E-state index < -0.39 is 29.4 Å². The molecule has 2 aromatic carbocycles. The fraction of sp³-hybridized carbons (Fsp3) is 0.346. The molecule has 1 aromatic heterocycles. The molecule has 0 radical (unpaired) electrons. The maximum Gasteiger partial charge on any atom is 0.416 e. The molecule has 39 heavy (non-hydrogen) atoms. The maximum absolute atomic E-state index is 12.4. The second kappa shape index (κ2) is 12.4.